The lowest BCUT2D eigenvalue weighted by atomic mass is 10.3. The number of nitrogens with one attached hydrogen (secondary N) is 1. The molecule has 0 aromatic carbocycles. The first-order chi connectivity index (χ1) is 7.09. The van der Waals surface area contributed by atoms with Gasteiger partial charge in [-0.25, -0.2) is 0 Å². The van der Waals surface area contributed by atoms with Crippen molar-refractivity contribution in [1.29, 1.82) is 0 Å². The second-order valence-electron chi connectivity index (χ2n) is 3.34. The van der Waals surface area contributed by atoms with Gasteiger partial charge in [-0.2, -0.15) is 0 Å². The molecule has 1 atom stereocenters. The lowest BCUT2D eigenvalue weighted by Crippen LogP contribution is -2.07. The summed E-state index contributed by atoms with van der Waals surface area (Å²) >= 11 is 5.46. The SMILES string of the molecule is Cc1ccc(Cl)[nH]c1=O.OC1CCOC1. The van der Waals surface area contributed by atoms with Crippen molar-refractivity contribution in [3.8, 4) is 0 Å². The first kappa shape index (κ1) is 12.2. The molecular formula is C10H14ClNO3. The topological polar surface area (TPSA) is 62.3 Å². The van der Waals surface area contributed by atoms with Gasteiger partial charge in [-0.05, 0) is 19.4 Å². The van der Waals surface area contributed by atoms with Gasteiger partial charge in [-0.15, -0.1) is 0 Å². The predicted octanol–water partition coefficient (Wildman–Crippen LogP) is 1.10. The molecule has 4 nitrogen and oxygen atoms in total. The van der Waals surface area contributed by atoms with Crippen molar-refractivity contribution in [2.75, 3.05) is 13.2 Å². The molecule has 0 spiro atoms. The Hall–Kier alpha value is -0.840. The van der Waals surface area contributed by atoms with Crippen molar-refractivity contribution in [2.24, 2.45) is 0 Å². The van der Waals surface area contributed by atoms with E-state index < -0.39 is 0 Å². The highest BCUT2D eigenvalue weighted by Crippen LogP contribution is 2.00. The quantitative estimate of drug-likeness (QED) is 0.658. The van der Waals surface area contributed by atoms with Crippen LogP contribution in [-0.4, -0.2) is 29.4 Å². The molecule has 84 valence electrons. The van der Waals surface area contributed by atoms with Gasteiger partial charge in [-0.1, -0.05) is 17.7 Å². The molecule has 1 fully saturated rings. The van der Waals surface area contributed by atoms with Crippen molar-refractivity contribution >= 4 is 11.6 Å². The van der Waals surface area contributed by atoms with E-state index in [0.29, 0.717) is 17.3 Å². The maximum absolute atomic E-state index is 10.7. The van der Waals surface area contributed by atoms with E-state index in [-0.39, 0.29) is 11.7 Å². The lowest BCUT2D eigenvalue weighted by Gasteiger charge is -1.89. The number of rotatable bonds is 0. The summed E-state index contributed by atoms with van der Waals surface area (Å²) in [5.41, 5.74) is 0.557. The van der Waals surface area contributed by atoms with Crippen molar-refractivity contribution in [3.05, 3.63) is 33.2 Å². The summed E-state index contributed by atoms with van der Waals surface area (Å²) in [6.45, 7) is 3.01. The fraction of sp³-hybridized carbons (Fsp3) is 0.500. The average Bonchev–Trinajstić information content (AvgIpc) is 2.64. The number of aromatic nitrogens is 1. The van der Waals surface area contributed by atoms with Gasteiger partial charge in [0.2, 0.25) is 0 Å². The third-order valence-corrected chi connectivity index (χ3v) is 2.20. The number of aliphatic hydroxyl groups is 1. The molecule has 0 amide bonds. The Labute approximate surface area is 92.8 Å². The van der Waals surface area contributed by atoms with Gasteiger partial charge >= 0.3 is 0 Å². The van der Waals surface area contributed by atoms with Gasteiger partial charge in [-0.3, -0.25) is 4.79 Å². The van der Waals surface area contributed by atoms with Crippen molar-refractivity contribution < 1.29 is 9.84 Å². The number of aryl methyl sites for hydroxylation is 1. The summed E-state index contributed by atoms with van der Waals surface area (Å²) in [6, 6.07) is 3.33. The minimum Gasteiger partial charge on any atom is -0.391 e. The number of pyridine rings is 1. The van der Waals surface area contributed by atoms with Crippen LogP contribution in [0.1, 0.15) is 12.0 Å². The molecule has 0 radical (unpaired) electrons. The Balaban J connectivity index is 0.000000162. The van der Waals surface area contributed by atoms with E-state index >= 15 is 0 Å². The van der Waals surface area contributed by atoms with E-state index in [4.69, 9.17) is 21.4 Å². The summed E-state index contributed by atoms with van der Waals surface area (Å²) in [5, 5.41) is 8.98. The van der Waals surface area contributed by atoms with Gasteiger partial charge in [0.05, 0.1) is 12.7 Å². The molecule has 1 unspecified atom stereocenters. The summed E-state index contributed by atoms with van der Waals surface area (Å²) in [7, 11) is 0. The van der Waals surface area contributed by atoms with E-state index in [1.165, 1.54) is 0 Å². The summed E-state index contributed by atoms with van der Waals surface area (Å²) < 4.78 is 4.81. The molecule has 1 saturated heterocycles. The van der Waals surface area contributed by atoms with Gasteiger partial charge in [0.15, 0.2) is 0 Å². The molecule has 1 aliphatic rings. The minimum atomic E-state index is -0.176. The van der Waals surface area contributed by atoms with Crippen LogP contribution < -0.4 is 5.56 Å². The minimum absolute atomic E-state index is 0.123. The van der Waals surface area contributed by atoms with Crippen LogP contribution in [0.15, 0.2) is 16.9 Å². The molecule has 2 N–H and O–H groups in total. The Kier molecular flexibility index (Phi) is 4.81. The van der Waals surface area contributed by atoms with Crippen molar-refractivity contribution in [1.82, 2.24) is 4.98 Å². The van der Waals surface area contributed by atoms with Gasteiger partial charge in [0.25, 0.3) is 5.56 Å². The Bertz CT molecular complexity index is 358. The molecule has 0 bridgehead atoms. The maximum Gasteiger partial charge on any atom is 0.251 e. The molecule has 1 aromatic rings. The van der Waals surface area contributed by atoms with Crippen LogP contribution in [0.5, 0.6) is 0 Å². The monoisotopic (exact) mass is 231 g/mol. The second kappa shape index (κ2) is 5.90. The average molecular weight is 232 g/mol. The molecule has 5 heteroatoms. The second-order valence-corrected chi connectivity index (χ2v) is 3.74. The molecule has 2 rings (SSSR count). The highest BCUT2D eigenvalue weighted by atomic mass is 35.5. The predicted molar refractivity (Wildman–Crippen MR) is 58.3 cm³/mol. The number of aromatic amines is 1. The van der Waals surface area contributed by atoms with Crippen molar-refractivity contribution in [3.63, 3.8) is 0 Å². The van der Waals surface area contributed by atoms with Crippen LogP contribution in [0, 0.1) is 6.92 Å². The summed E-state index contributed by atoms with van der Waals surface area (Å²) in [5.74, 6) is 0. The van der Waals surface area contributed by atoms with E-state index in [1.807, 2.05) is 0 Å². The standard InChI is InChI=1S/C6H6ClNO.C4H8O2/c1-4-2-3-5(7)8-6(4)9;5-4-1-2-6-3-4/h2-3H,1H3,(H,8,9);4-5H,1-3H2. The molecular weight excluding hydrogens is 218 g/mol. The van der Waals surface area contributed by atoms with Crippen LogP contribution in [0.4, 0.5) is 0 Å². The smallest absolute Gasteiger partial charge is 0.251 e. The molecule has 2 heterocycles. The first-order valence-electron chi connectivity index (χ1n) is 4.71. The van der Waals surface area contributed by atoms with Crippen LogP contribution >= 0.6 is 11.6 Å². The molecule has 15 heavy (non-hydrogen) atoms. The highest BCUT2D eigenvalue weighted by molar-refractivity contribution is 6.29. The number of H-pyrrole nitrogens is 1. The van der Waals surface area contributed by atoms with E-state index in [2.05, 4.69) is 4.98 Å². The zero-order valence-electron chi connectivity index (χ0n) is 8.50. The lowest BCUT2D eigenvalue weighted by molar-refractivity contribution is 0.127. The van der Waals surface area contributed by atoms with Gasteiger partial charge in [0, 0.05) is 12.2 Å². The first-order valence-corrected chi connectivity index (χ1v) is 5.08. The fourth-order valence-corrected chi connectivity index (χ4v) is 1.19. The van der Waals surface area contributed by atoms with Gasteiger partial charge in [0.1, 0.15) is 5.15 Å². The Morgan fingerprint density at radius 1 is 1.60 bits per heavy atom. The van der Waals surface area contributed by atoms with Crippen LogP contribution in [0.3, 0.4) is 0 Å². The number of aliphatic hydroxyl groups excluding tert-OH is 1. The third kappa shape index (κ3) is 4.46. The van der Waals surface area contributed by atoms with Crippen LogP contribution in [0.25, 0.3) is 0 Å². The molecule has 1 aliphatic heterocycles. The van der Waals surface area contributed by atoms with Crippen LogP contribution in [0.2, 0.25) is 5.15 Å². The Morgan fingerprint density at radius 2 is 2.33 bits per heavy atom. The normalized spacial score (nSPS) is 19.5. The third-order valence-electron chi connectivity index (χ3n) is 1.98. The summed E-state index contributed by atoms with van der Waals surface area (Å²) in [6.07, 6.45) is 0.644. The molecule has 1 aromatic heterocycles. The Morgan fingerprint density at radius 3 is 2.67 bits per heavy atom. The van der Waals surface area contributed by atoms with E-state index in [1.54, 1.807) is 19.1 Å². The van der Waals surface area contributed by atoms with Gasteiger partial charge < -0.3 is 14.8 Å². The van der Waals surface area contributed by atoms with Crippen LogP contribution in [-0.2, 0) is 4.74 Å². The van der Waals surface area contributed by atoms with E-state index in [0.717, 1.165) is 13.0 Å². The highest BCUT2D eigenvalue weighted by Gasteiger charge is 2.09. The zero-order chi connectivity index (χ0) is 11.3. The number of halogens is 1. The number of hydrogen-bond acceptors (Lipinski definition) is 3. The van der Waals surface area contributed by atoms with Crippen molar-refractivity contribution in [2.45, 2.75) is 19.4 Å². The maximum atomic E-state index is 10.7. The molecule has 0 aliphatic carbocycles. The number of hydrogen-bond donors (Lipinski definition) is 2. The number of ether oxygens (including phenoxy) is 1. The fourth-order valence-electron chi connectivity index (χ4n) is 1.04. The largest absolute Gasteiger partial charge is 0.391 e. The zero-order valence-corrected chi connectivity index (χ0v) is 9.25. The molecule has 0 saturated carbocycles. The summed E-state index contributed by atoms with van der Waals surface area (Å²) in [4.78, 5) is 13.1. The van der Waals surface area contributed by atoms with E-state index in [9.17, 15) is 4.79 Å².